The summed E-state index contributed by atoms with van der Waals surface area (Å²) in [6, 6.07) is 10.5. The first-order chi connectivity index (χ1) is 16.9. The first-order valence-corrected chi connectivity index (χ1v) is 12.2. The number of likely N-dealkylation sites (N-methyl/N-ethyl adjacent to an activating group) is 1. The molecule has 2 aliphatic rings. The average molecular weight is 479 g/mol. The number of ether oxygens (including phenoxy) is 1. The van der Waals surface area contributed by atoms with Crippen molar-refractivity contribution in [2.45, 2.75) is 45.3 Å². The van der Waals surface area contributed by atoms with Crippen LogP contribution in [0.2, 0.25) is 0 Å². The topological polar surface area (TPSA) is 95.0 Å². The van der Waals surface area contributed by atoms with E-state index < -0.39 is 6.10 Å². The van der Waals surface area contributed by atoms with Crippen molar-refractivity contribution in [3.63, 3.8) is 0 Å². The molecule has 2 aromatic rings. The fourth-order valence-electron chi connectivity index (χ4n) is 4.52. The van der Waals surface area contributed by atoms with E-state index in [-0.39, 0.29) is 36.4 Å². The summed E-state index contributed by atoms with van der Waals surface area (Å²) in [5.74, 6) is -0.0389. The minimum Gasteiger partial charge on any atom is -0.472 e. The zero-order chi connectivity index (χ0) is 24.9. The minimum absolute atomic E-state index is 0.105. The van der Waals surface area contributed by atoms with Gasteiger partial charge in [-0.15, -0.1) is 0 Å². The van der Waals surface area contributed by atoms with E-state index in [4.69, 9.17) is 4.74 Å². The summed E-state index contributed by atoms with van der Waals surface area (Å²) in [7, 11) is 1.72. The number of benzene rings is 1. The lowest BCUT2D eigenvalue weighted by Gasteiger charge is -2.37. The largest absolute Gasteiger partial charge is 0.472 e. The Labute approximate surface area is 206 Å². The Balaban J connectivity index is 1.60. The second kappa shape index (κ2) is 10.9. The van der Waals surface area contributed by atoms with Crippen molar-refractivity contribution >= 4 is 23.2 Å². The van der Waals surface area contributed by atoms with Gasteiger partial charge >= 0.3 is 6.03 Å². The average Bonchev–Trinajstić information content (AvgIpc) is 3.41. The third kappa shape index (κ3) is 5.65. The second-order valence-corrected chi connectivity index (χ2v) is 9.50. The predicted molar refractivity (Wildman–Crippen MR) is 135 cm³/mol. The van der Waals surface area contributed by atoms with Crippen LogP contribution in [-0.4, -0.2) is 70.7 Å². The summed E-state index contributed by atoms with van der Waals surface area (Å²) in [6.45, 7) is 4.38. The van der Waals surface area contributed by atoms with E-state index in [2.05, 4.69) is 16.4 Å². The maximum Gasteiger partial charge on any atom is 0.321 e. The van der Waals surface area contributed by atoms with Crippen molar-refractivity contribution in [2.24, 2.45) is 5.92 Å². The van der Waals surface area contributed by atoms with Crippen molar-refractivity contribution < 1.29 is 19.4 Å². The van der Waals surface area contributed by atoms with Gasteiger partial charge < -0.3 is 25.0 Å². The van der Waals surface area contributed by atoms with E-state index in [0.717, 1.165) is 24.8 Å². The lowest BCUT2D eigenvalue weighted by atomic mass is 9.99. The zero-order valence-electron chi connectivity index (χ0n) is 20.6. The monoisotopic (exact) mass is 478 g/mol. The Bertz CT molecular complexity index is 1090. The summed E-state index contributed by atoms with van der Waals surface area (Å²) >= 11 is 0. The number of nitrogens with one attached hydrogen (secondary N) is 1. The third-order valence-electron chi connectivity index (χ3n) is 6.76. The fraction of sp³-hybridized carbons (Fsp3) is 0.444. The first-order valence-electron chi connectivity index (χ1n) is 12.2. The Morgan fingerprint density at radius 3 is 2.80 bits per heavy atom. The van der Waals surface area contributed by atoms with Gasteiger partial charge in [-0.05, 0) is 55.5 Å². The number of carbonyl (C=O) groups is 2. The van der Waals surface area contributed by atoms with Gasteiger partial charge in [0.2, 0.25) is 5.88 Å². The highest BCUT2D eigenvalue weighted by molar-refractivity contribution is 5.97. The summed E-state index contributed by atoms with van der Waals surface area (Å²) in [6.07, 6.45) is 6.65. The van der Waals surface area contributed by atoms with E-state index in [1.165, 1.54) is 5.57 Å². The molecular formula is C27H34N4O4. The van der Waals surface area contributed by atoms with Crippen LogP contribution in [0.25, 0.3) is 5.57 Å². The van der Waals surface area contributed by atoms with Gasteiger partial charge in [0.15, 0.2) is 0 Å². The number of aromatic nitrogens is 1. The van der Waals surface area contributed by atoms with Gasteiger partial charge in [0.25, 0.3) is 5.91 Å². The minimum atomic E-state index is -0.397. The summed E-state index contributed by atoms with van der Waals surface area (Å²) in [5.41, 5.74) is 3.23. The fourth-order valence-corrected chi connectivity index (χ4v) is 4.52. The van der Waals surface area contributed by atoms with E-state index in [0.29, 0.717) is 24.3 Å². The molecule has 0 radical (unpaired) electrons. The zero-order valence-corrected chi connectivity index (χ0v) is 20.6. The molecule has 0 saturated heterocycles. The van der Waals surface area contributed by atoms with E-state index in [1.807, 2.05) is 50.2 Å². The molecule has 0 bridgehead atoms. The molecule has 0 spiro atoms. The van der Waals surface area contributed by atoms with Crippen LogP contribution in [0.4, 0.5) is 10.5 Å². The number of rotatable bonds is 6. The maximum atomic E-state index is 13.5. The Morgan fingerprint density at radius 2 is 2.11 bits per heavy atom. The summed E-state index contributed by atoms with van der Waals surface area (Å²) in [4.78, 5) is 34.2. The molecule has 186 valence electrons. The number of carbonyl (C=O) groups excluding carboxylic acids is 2. The molecule has 35 heavy (non-hydrogen) atoms. The Morgan fingerprint density at radius 1 is 1.34 bits per heavy atom. The number of anilines is 1. The van der Waals surface area contributed by atoms with Crippen LogP contribution in [0.15, 0.2) is 48.7 Å². The summed E-state index contributed by atoms with van der Waals surface area (Å²) < 4.78 is 6.31. The molecule has 8 nitrogen and oxygen atoms in total. The molecule has 1 aliphatic carbocycles. The van der Waals surface area contributed by atoms with E-state index >= 15 is 0 Å². The Hall–Kier alpha value is -3.39. The van der Waals surface area contributed by atoms with Crippen LogP contribution in [0.1, 0.15) is 49.0 Å². The highest BCUT2D eigenvalue weighted by atomic mass is 16.5. The number of aliphatic hydroxyl groups is 1. The molecule has 0 saturated carbocycles. The quantitative estimate of drug-likeness (QED) is 0.654. The maximum absolute atomic E-state index is 13.5. The highest BCUT2D eigenvalue weighted by Gasteiger charge is 2.35. The number of aliphatic hydroxyl groups excluding tert-OH is 1. The molecule has 3 amide bonds. The van der Waals surface area contributed by atoms with Gasteiger partial charge in [0.1, 0.15) is 11.7 Å². The lowest BCUT2D eigenvalue weighted by molar-refractivity contribution is 0.0356. The van der Waals surface area contributed by atoms with E-state index in [1.54, 1.807) is 23.0 Å². The van der Waals surface area contributed by atoms with Crippen LogP contribution < -0.4 is 10.1 Å². The van der Waals surface area contributed by atoms with Crippen molar-refractivity contribution in [3.8, 4) is 5.88 Å². The number of pyridine rings is 1. The molecule has 8 heteroatoms. The van der Waals surface area contributed by atoms with Crippen molar-refractivity contribution in [2.75, 3.05) is 32.1 Å². The van der Waals surface area contributed by atoms with Crippen LogP contribution in [0, 0.1) is 5.92 Å². The van der Waals surface area contributed by atoms with Gasteiger partial charge in [0.05, 0.1) is 19.2 Å². The second-order valence-electron chi connectivity index (χ2n) is 9.50. The molecule has 1 aromatic carbocycles. The molecule has 2 N–H and O–H groups in total. The number of hydrogen-bond donors (Lipinski definition) is 2. The normalized spacial score (nSPS) is 20.7. The molecular weight excluding hydrogens is 444 g/mol. The molecule has 0 fully saturated rings. The van der Waals surface area contributed by atoms with Gasteiger partial charge in [0, 0.05) is 31.4 Å². The molecule has 1 aromatic heterocycles. The highest BCUT2D eigenvalue weighted by Crippen LogP contribution is 2.32. The molecule has 0 unspecified atom stereocenters. The molecule has 2 heterocycles. The number of allylic oxidation sites excluding steroid dienone is 2. The molecule has 1 aliphatic heterocycles. The number of hydrogen-bond acceptors (Lipinski definition) is 5. The van der Waals surface area contributed by atoms with Crippen molar-refractivity contribution in [3.05, 3.63) is 59.8 Å². The standard InChI is InChI=1S/C27H34N4O4/c1-18-15-31(19(2)17-32)26(33)23-13-21(20-9-7-8-10-20)14-28-25(23)35-24(18)16-30(3)27(34)29-22-11-5-4-6-12-22/h4-6,9,11-14,18-19,24,32H,7-8,10,15-17H2,1-3H3,(H,29,34)/t18-,19+,24-/m0/s1. The van der Waals surface area contributed by atoms with Crippen LogP contribution in [-0.2, 0) is 0 Å². The number of fused-ring (bicyclic) bond motifs is 1. The van der Waals surface area contributed by atoms with Crippen molar-refractivity contribution in [1.29, 1.82) is 0 Å². The lowest BCUT2D eigenvalue weighted by Crippen LogP contribution is -2.50. The number of urea groups is 1. The van der Waals surface area contributed by atoms with Gasteiger partial charge in [-0.2, -0.15) is 0 Å². The molecule has 3 atom stereocenters. The Kier molecular flexibility index (Phi) is 7.70. The summed E-state index contributed by atoms with van der Waals surface area (Å²) in [5, 5.41) is 12.7. The number of para-hydroxylation sites is 1. The SMILES string of the molecule is C[C@H](CO)N1C[C@H](C)[C@H](CN(C)C(=O)Nc2ccccc2)Oc2ncc(C3=CCCC3)cc2C1=O. The van der Waals surface area contributed by atoms with Crippen LogP contribution in [0.3, 0.4) is 0 Å². The van der Waals surface area contributed by atoms with Crippen LogP contribution in [0.5, 0.6) is 5.88 Å². The van der Waals surface area contributed by atoms with Crippen molar-refractivity contribution in [1.82, 2.24) is 14.8 Å². The first kappa shape index (κ1) is 24.7. The van der Waals surface area contributed by atoms with Gasteiger partial charge in [-0.25, -0.2) is 9.78 Å². The van der Waals surface area contributed by atoms with Crippen LogP contribution >= 0.6 is 0 Å². The third-order valence-corrected chi connectivity index (χ3v) is 6.76. The molecule has 4 rings (SSSR count). The van der Waals surface area contributed by atoms with Gasteiger partial charge in [-0.1, -0.05) is 31.2 Å². The van der Waals surface area contributed by atoms with E-state index in [9.17, 15) is 14.7 Å². The predicted octanol–water partition coefficient (Wildman–Crippen LogP) is 4.03. The number of amides is 3. The van der Waals surface area contributed by atoms with Gasteiger partial charge in [-0.3, -0.25) is 4.79 Å². The smallest absolute Gasteiger partial charge is 0.321 e. The number of nitrogens with zero attached hydrogens (tertiary/aromatic N) is 3.